The van der Waals surface area contributed by atoms with E-state index in [9.17, 15) is 9.59 Å². The van der Waals surface area contributed by atoms with E-state index in [0.29, 0.717) is 23.8 Å². The second kappa shape index (κ2) is 4.96. The topological polar surface area (TPSA) is 44.0 Å². The summed E-state index contributed by atoms with van der Waals surface area (Å²) in [5.41, 5.74) is 1.23. The molecule has 98 valence electrons. The van der Waals surface area contributed by atoms with E-state index < -0.39 is 0 Å². The number of rotatable bonds is 2. The minimum absolute atomic E-state index is 0.158. The zero-order chi connectivity index (χ0) is 13.3. The lowest BCUT2D eigenvalue weighted by Crippen LogP contribution is -2.58. The van der Waals surface area contributed by atoms with Crippen LogP contribution in [0.4, 0.5) is 0 Å². The summed E-state index contributed by atoms with van der Waals surface area (Å²) in [4.78, 5) is 24.8. The fourth-order valence-electron chi connectivity index (χ4n) is 2.75. The number of aromatic nitrogens is 2. The zero-order valence-electron chi connectivity index (χ0n) is 11.2. The third-order valence-corrected chi connectivity index (χ3v) is 3.73. The number of hydrogen-bond acceptors (Lipinski definition) is 2. The Bertz CT molecular complexity index is 626. The molecule has 1 aliphatic carbocycles. The molecule has 18 heavy (non-hydrogen) atoms. The van der Waals surface area contributed by atoms with Crippen molar-refractivity contribution in [2.24, 2.45) is 0 Å². The van der Waals surface area contributed by atoms with Gasteiger partial charge in [0.25, 0.3) is 11.1 Å². The predicted octanol–water partition coefficient (Wildman–Crippen LogP) is 0.185. The second-order valence-electron chi connectivity index (χ2n) is 4.70. The molecule has 1 aromatic rings. The Morgan fingerprint density at radius 3 is 1.83 bits per heavy atom. The van der Waals surface area contributed by atoms with Crippen molar-refractivity contribution in [1.82, 2.24) is 9.13 Å². The van der Waals surface area contributed by atoms with Gasteiger partial charge in [-0.1, -0.05) is 12.2 Å². The first-order valence-corrected chi connectivity index (χ1v) is 6.66. The molecule has 1 heterocycles. The molecule has 2 rings (SSSR count). The Kier molecular flexibility index (Phi) is 3.55. The van der Waals surface area contributed by atoms with Crippen molar-refractivity contribution in [3.05, 3.63) is 31.4 Å². The van der Waals surface area contributed by atoms with Crippen LogP contribution in [0.5, 0.6) is 0 Å². The molecule has 0 bridgehead atoms. The molecule has 4 nitrogen and oxygen atoms in total. The minimum Gasteiger partial charge on any atom is -0.295 e. The van der Waals surface area contributed by atoms with Crippen LogP contribution in [0.2, 0.25) is 0 Å². The van der Waals surface area contributed by atoms with Crippen molar-refractivity contribution < 1.29 is 0 Å². The van der Waals surface area contributed by atoms with Crippen molar-refractivity contribution in [3.63, 3.8) is 0 Å². The summed E-state index contributed by atoms with van der Waals surface area (Å²) < 4.78 is 3.21. The first-order valence-electron chi connectivity index (χ1n) is 6.66. The maximum absolute atomic E-state index is 12.4. The van der Waals surface area contributed by atoms with Crippen LogP contribution in [-0.4, -0.2) is 9.13 Å². The second-order valence-corrected chi connectivity index (χ2v) is 4.70. The third-order valence-electron chi connectivity index (χ3n) is 3.73. The molecule has 0 atom stereocenters. The Hall–Kier alpha value is -1.58. The molecule has 0 spiro atoms. The molecule has 0 aliphatic heterocycles. The molecule has 4 heteroatoms. The van der Waals surface area contributed by atoms with Crippen molar-refractivity contribution in [3.8, 4) is 0 Å². The highest BCUT2D eigenvalue weighted by molar-refractivity contribution is 5.45. The van der Waals surface area contributed by atoms with Crippen LogP contribution < -0.4 is 21.8 Å². The Morgan fingerprint density at radius 2 is 1.44 bits per heavy atom. The normalized spacial score (nSPS) is 15.3. The molecule has 0 N–H and O–H groups in total. The van der Waals surface area contributed by atoms with Gasteiger partial charge in [-0.25, -0.2) is 0 Å². The van der Waals surface area contributed by atoms with Gasteiger partial charge in [0.1, 0.15) is 10.7 Å². The summed E-state index contributed by atoms with van der Waals surface area (Å²) in [6.07, 6.45) is 3.93. The van der Waals surface area contributed by atoms with Crippen molar-refractivity contribution in [1.29, 1.82) is 0 Å². The molecule has 1 fully saturated rings. The van der Waals surface area contributed by atoms with Crippen LogP contribution >= 0.6 is 0 Å². The predicted molar refractivity (Wildman–Crippen MR) is 73.0 cm³/mol. The maximum Gasteiger partial charge on any atom is 0.264 e. The average Bonchev–Trinajstić information content (AvgIpc) is 2.83. The molecular formula is C14H20N2O2. The van der Waals surface area contributed by atoms with E-state index in [2.05, 4.69) is 6.58 Å². The Labute approximate surface area is 106 Å². The zero-order valence-corrected chi connectivity index (χ0v) is 11.2. The molecule has 1 saturated carbocycles. The van der Waals surface area contributed by atoms with Gasteiger partial charge in [-0.3, -0.25) is 18.7 Å². The largest absolute Gasteiger partial charge is 0.295 e. The Morgan fingerprint density at radius 1 is 1.00 bits per heavy atom. The lowest BCUT2D eigenvalue weighted by atomic mass is 10.2. The average molecular weight is 248 g/mol. The molecular weight excluding hydrogens is 228 g/mol. The standard InChI is InChI=1S/C14H20N2O2/c1-4-15-10(3)16(5-2)14(18)12(13(15)17)11-8-6-7-9-11/h3-9H2,1-2H3. The summed E-state index contributed by atoms with van der Waals surface area (Å²) in [5, 5.41) is 0.406. The summed E-state index contributed by atoms with van der Waals surface area (Å²) in [7, 11) is 0. The summed E-state index contributed by atoms with van der Waals surface area (Å²) >= 11 is 0. The van der Waals surface area contributed by atoms with Gasteiger partial charge in [-0.2, -0.15) is 0 Å². The van der Waals surface area contributed by atoms with E-state index in [1.165, 1.54) is 0 Å². The highest BCUT2D eigenvalue weighted by Gasteiger charge is 2.14. The lowest BCUT2D eigenvalue weighted by Gasteiger charge is -2.10. The molecule has 1 aliphatic rings. The van der Waals surface area contributed by atoms with Gasteiger partial charge in [-0.15, -0.1) is 0 Å². The first kappa shape index (κ1) is 12.9. The van der Waals surface area contributed by atoms with E-state index in [1.54, 1.807) is 9.13 Å². The van der Waals surface area contributed by atoms with Gasteiger partial charge in [0.05, 0.1) is 0 Å². The number of hydrogen-bond donors (Lipinski definition) is 0. The monoisotopic (exact) mass is 248 g/mol. The van der Waals surface area contributed by atoms with Crippen molar-refractivity contribution in [2.45, 2.75) is 52.6 Å². The maximum atomic E-state index is 12.4. The van der Waals surface area contributed by atoms with E-state index in [1.807, 2.05) is 13.8 Å². The minimum atomic E-state index is -0.158. The van der Waals surface area contributed by atoms with E-state index in [-0.39, 0.29) is 11.1 Å². The van der Waals surface area contributed by atoms with Gasteiger partial charge < -0.3 is 0 Å². The molecule has 1 aromatic heterocycles. The van der Waals surface area contributed by atoms with Crippen molar-refractivity contribution in [2.75, 3.05) is 0 Å². The van der Waals surface area contributed by atoms with Crippen LogP contribution in [0.15, 0.2) is 9.59 Å². The van der Waals surface area contributed by atoms with Crippen molar-refractivity contribution >= 4 is 12.2 Å². The van der Waals surface area contributed by atoms with Gasteiger partial charge in [-0.05, 0) is 39.5 Å². The fraction of sp³-hybridized carbons (Fsp3) is 0.571. The molecule has 0 amide bonds. The summed E-state index contributed by atoms with van der Waals surface area (Å²) in [6, 6.07) is 0. The molecule has 0 unspecified atom stereocenters. The number of nitrogens with zero attached hydrogens (tertiary/aromatic N) is 2. The van der Waals surface area contributed by atoms with Crippen LogP contribution in [0.3, 0.4) is 0 Å². The third kappa shape index (κ3) is 1.85. The molecule has 0 saturated heterocycles. The SMILES string of the molecule is C=c1n(CC)c(=O)c(=C2CCCC2)c(=O)n1CC. The Balaban J connectivity index is 3.00. The quantitative estimate of drug-likeness (QED) is 0.749. The van der Waals surface area contributed by atoms with Crippen LogP contribution in [0.1, 0.15) is 39.5 Å². The van der Waals surface area contributed by atoms with E-state index in [0.717, 1.165) is 31.3 Å². The fourth-order valence-corrected chi connectivity index (χ4v) is 2.75. The van der Waals surface area contributed by atoms with Gasteiger partial charge in [0, 0.05) is 13.1 Å². The highest BCUT2D eigenvalue weighted by atomic mass is 16.1. The summed E-state index contributed by atoms with van der Waals surface area (Å²) in [5.74, 6) is 0. The van der Waals surface area contributed by atoms with E-state index >= 15 is 0 Å². The molecule has 0 radical (unpaired) electrons. The summed E-state index contributed by atoms with van der Waals surface area (Å²) in [6.45, 7) is 8.79. The smallest absolute Gasteiger partial charge is 0.264 e. The van der Waals surface area contributed by atoms with Gasteiger partial charge in [0.2, 0.25) is 0 Å². The van der Waals surface area contributed by atoms with Crippen LogP contribution in [0, 0.1) is 0 Å². The lowest BCUT2D eigenvalue weighted by molar-refractivity contribution is 0.571. The first-order chi connectivity index (χ1) is 8.61. The molecule has 0 aromatic carbocycles. The van der Waals surface area contributed by atoms with Crippen LogP contribution in [-0.2, 0) is 13.1 Å². The van der Waals surface area contributed by atoms with Gasteiger partial charge in [0.15, 0.2) is 0 Å². The van der Waals surface area contributed by atoms with Crippen LogP contribution in [0.25, 0.3) is 12.2 Å². The highest BCUT2D eigenvalue weighted by Crippen LogP contribution is 2.22. The van der Waals surface area contributed by atoms with Gasteiger partial charge >= 0.3 is 0 Å². The van der Waals surface area contributed by atoms with E-state index in [4.69, 9.17) is 0 Å².